The number of fused-ring (bicyclic) bond motifs is 1. The summed E-state index contributed by atoms with van der Waals surface area (Å²) in [4.78, 5) is 16.8. The van der Waals surface area contributed by atoms with E-state index in [1.807, 2.05) is 18.2 Å². The molecule has 3 aromatic rings. The summed E-state index contributed by atoms with van der Waals surface area (Å²) >= 11 is 5.72. The molecule has 3 rings (SSSR count). The van der Waals surface area contributed by atoms with Crippen molar-refractivity contribution in [1.29, 1.82) is 0 Å². The number of nitrogens with zero attached hydrogens (tertiary/aromatic N) is 2. The van der Waals surface area contributed by atoms with Crippen LogP contribution in [0.25, 0.3) is 11.0 Å². The van der Waals surface area contributed by atoms with Crippen molar-refractivity contribution in [3.63, 3.8) is 0 Å². The number of aromatic nitrogens is 2. The number of alkyl halides is 1. The van der Waals surface area contributed by atoms with Crippen LogP contribution in [0.2, 0.25) is 0 Å². The minimum atomic E-state index is -0.155. The highest BCUT2D eigenvalue weighted by atomic mass is 35.5. The van der Waals surface area contributed by atoms with Crippen LogP contribution >= 0.6 is 11.6 Å². The second-order valence-electron chi connectivity index (χ2n) is 5.27. The third-order valence-corrected chi connectivity index (χ3v) is 3.95. The van der Waals surface area contributed by atoms with Crippen LogP contribution in [-0.4, -0.2) is 21.3 Å². The smallest absolute Gasteiger partial charge is 0.253 e. The number of carbonyl (C=O) groups is 1. The van der Waals surface area contributed by atoms with Crippen LogP contribution in [0.4, 0.5) is 0 Å². The van der Waals surface area contributed by atoms with Gasteiger partial charge in [0, 0.05) is 12.4 Å². The fourth-order valence-electron chi connectivity index (χ4n) is 2.50. The molecular formula is C17H18ClN3O2. The maximum atomic E-state index is 12.4. The molecule has 0 spiro atoms. The Kier molecular flexibility index (Phi) is 4.98. The number of rotatable bonds is 7. The quantitative estimate of drug-likeness (QED) is 0.531. The van der Waals surface area contributed by atoms with E-state index in [0.29, 0.717) is 18.0 Å². The largest absolute Gasteiger partial charge is 0.467 e. The van der Waals surface area contributed by atoms with Crippen molar-refractivity contribution in [2.45, 2.75) is 25.9 Å². The molecule has 0 fully saturated rings. The highest BCUT2D eigenvalue weighted by Crippen LogP contribution is 2.18. The van der Waals surface area contributed by atoms with Crippen LogP contribution in [-0.2, 0) is 13.1 Å². The molecule has 0 atom stereocenters. The molecule has 0 saturated carbocycles. The highest BCUT2D eigenvalue weighted by Gasteiger charge is 2.13. The number of hydrogen-bond acceptors (Lipinski definition) is 3. The Labute approximate surface area is 139 Å². The lowest BCUT2D eigenvalue weighted by Crippen LogP contribution is -2.22. The SMILES string of the molecule is O=C(NCc1ccco1)c1cccc2c1ncn2CCCCCl. The van der Waals surface area contributed by atoms with Crippen LogP contribution in [0.1, 0.15) is 29.0 Å². The molecule has 2 heterocycles. The maximum Gasteiger partial charge on any atom is 0.253 e. The third-order valence-electron chi connectivity index (χ3n) is 3.68. The minimum Gasteiger partial charge on any atom is -0.467 e. The predicted molar refractivity (Wildman–Crippen MR) is 89.6 cm³/mol. The molecule has 120 valence electrons. The van der Waals surface area contributed by atoms with Crippen molar-refractivity contribution >= 4 is 28.5 Å². The molecule has 1 aromatic carbocycles. The van der Waals surface area contributed by atoms with Crippen molar-refractivity contribution in [2.75, 3.05) is 5.88 Å². The Morgan fingerprint density at radius 3 is 2.96 bits per heavy atom. The summed E-state index contributed by atoms with van der Waals surface area (Å²) in [5.41, 5.74) is 2.26. The zero-order valence-corrected chi connectivity index (χ0v) is 13.4. The first-order chi connectivity index (χ1) is 11.3. The molecule has 0 aliphatic heterocycles. The van der Waals surface area contributed by atoms with Crippen LogP contribution in [0.5, 0.6) is 0 Å². The molecule has 0 radical (unpaired) electrons. The number of benzene rings is 1. The van der Waals surface area contributed by atoms with Crippen molar-refractivity contribution < 1.29 is 9.21 Å². The van der Waals surface area contributed by atoms with Crippen LogP contribution in [0.3, 0.4) is 0 Å². The van der Waals surface area contributed by atoms with E-state index in [4.69, 9.17) is 16.0 Å². The first kappa shape index (κ1) is 15.6. The van der Waals surface area contributed by atoms with E-state index in [9.17, 15) is 4.79 Å². The van der Waals surface area contributed by atoms with Crippen LogP contribution < -0.4 is 5.32 Å². The minimum absolute atomic E-state index is 0.155. The van der Waals surface area contributed by atoms with Crippen LogP contribution in [0, 0.1) is 0 Å². The molecule has 5 nitrogen and oxygen atoms in total. The van der Waals surface area contributed by atoms with Gasteiger partial charge in [0.15, 0.2) is 0 Å². The number of imidazole rings is 1. The summed E-state index contributed by atoms with van der Waals surface area (Å²) in [6.45, 7) is 1.21. The second-order valence-corrected chi connectivity index (χ2v) is 5.65. The Balaban J connectivity index is 1.76. The molecule has 2 aromatic heterocycles. The third kappa shape index (κ3) is 3.56. The zero-order chi connectivity index (χ0) is 16.1. The molecule has 23 heavy (non-hydrogen) atoms. The van der Waals surface area contributed by atoms with Gasteiger partial charge in [0.25, 0.3) is 5.91 Å². The summed E-state index contributed by atoms with van der Waals surface area (Å²) in [7, 11) is 0. The van der Waals surface area contributed by atoms with Crippen molar-refractivity contribution in [2.24, 2.45) is 0 Å². The lowest BCUT2D eigenvalue weighted by Gasteiger charge is -2.06. The Morgan fingerprint density at radius 2 is 2.17 bits per heavy atom. The monoisotopic (exact) mass is 331 g/mol. The van der Waals surface area contributed by atoms with Gasteiger partial charge in [-0.15, -0.1) is 11.6 Å². The summed E-state index contributed by atoms with van der Waals surface area (Å²) in [5, 5.41) is 2.86. The second kappa shape index (κ2) is 7.33. The summed E-state index contributed by atoms with van der Waals surface area (Å²) < 4.78 is 7.28. The van der Waals surface area contributed by atoms with Gasteiger partial charge in [-0.3, -0.25) is 4.79 Å². The topological polar surface area (TPSA) is 60.1 Å². The Hall–Kier alpha value is -2.27. The lowest BCUT2D eigenvalue weighted by atomic mass is 10.1. The van der Waals surface area contributed by atoms with Gasteiger partial charge in [0.05, 0.1) is 30.2 Å². The molecule has 0 saturated heterocycles. The molecular weight excluding hydrogens is 314 g/mol. The zero-order valence-electron chi connectivity index (χ0n) is 12.7. The van der Waals surface area contributed by atoms with Gasteiger partial charge in [0.1, 0.15) is 11.3 Å². The number of para-hydroxylation sites is 1. The van der Waals surface area contributed by atoms with E-state index in [1.165, 1.54) is 0 Å². The summed E-state index contributed by atoms with van der Waals surface area (Å²) in [6, 6.07) is 9.27. The number of halogens is 1. The molecule has 0 aliphatic carbocycles. The fraction of sp³-hybridized carbons (Fsp3) is 0.294. The number of amides is 1. The Morgan fingerprint density at radius 1 is 1.26 bits per heavy atom. The van der Waals surface area contributed by atoms with Gasteiger partial charge in [-0.05, 0) is 37.1 Å². The molecule has 0 aliphatic rings. The van der Waals surface area contributed by atoms with Gasteiger partial charge < -0.3 is 14.3 Å². The number of aryl methyl sites for hydroxylation is 1. The van der Waals surface area contributed by atoms with E-state index in [0.717, 1.165) is 36.2 Å². The first-order valence-electron chi connectivity index (χ1n) is 7.60. The molecule has 1 amide bonds. The van der Waals surface area contributed by atoms with Gasteiger partial charge in [-0.2, -0.15) is 0 Å². The normalized spacial score (nSPS) is 11.0. The van der Waals surface area contributed by atoms with Crippen molar-refractivity contribution in [1.82, 2.24) is 14.9 Å². The molecule has 0 unspecified atom stereocenters. The number of furan rings is 1. The van der Waals surface area contributed by atoms with E-state index in [2.05, 4.69) is 14.9 Å². The maximum absolute atomic E-state index is 12.4. The number of unbranched alkanes of at least 4 members (excludes halogenated alkanes) is 1. The van der Waals surface area contributed by atoms with Gasteiger partial charge >= 0.3 is 0 Å². The van der Waals surface area contributed by atoms with Crippen molar-refractivity contribution in [3.05, 3.63) is 54.2 Å². The average molecular weight is 332 g/mol. The Bertz CT molecular complexity index is 780. The van der Waals surface area contributed by atoms with Crippen molar-refractivity contribution in [3.8, 4) is 0 Å². The summed E-state index contributed by atoms with van der Waals surface area (Å²) in [5.74, 6) is 1.22. The highest BCUT2D eigenvalue weighted by molar-refractivity contribution is 6.17. The number of hydrogen-bond donors (Lipinski definition) is 1. The van der Waals surface area contributed by atoms with E-state index in [-0.39, 0.29) is 5.91 Å². The standard InChI is InChI=1S/C17H18ClN3O2/c18-8-1-2-9-21-12-20-16-14(6-3-7-15(16)21)17(22)19-11-13-5-4-10-23-13/h3-7,10,12H,1-2,8-9,11H2,(H,19,22). The molecule has 1 N–H and O–H groups in total. The number of nitrogens with one attached hydrogen (secondary N) is 1. The van der Waals surface area contributed by atoms with E-state index < -0.39 is 0 Å². The fourth-order valence-corrected chi connectivity index (χ4v) is 2.69. The first-order valence-corrected chi connectivity index (χ1v) is 8.13. The van der Waals surface area contributed by atoms with Gasteiger partial charge in [-0.25, -0.2) is 4.98 Å². The average Bonchev–Trinajstić information content (AvgIpc) is 3.22. The number of carbonyl (C=O) groups excluding carboxylic acids is 1. The van der Waals surface area contributed by atoms with Gasteiger partial charge in [0.2, 0.25) is 0 Å². The molecule has 0 bridgehead atoms. The van der Waals surface area contributed by atoms with E-state index in [1.54, 1.807) is 24.7 Å². The molecule has 6 heteroatoms. The predicted octanol–water partition coefficient (Wildman–Crippen LogP) is 3.58. The summed E-state index contributed by atoms with van der Waals surface area (Å²) in [6.07, 6.45) is 5.32. The van der Waals surface area contributed by atoms with E-state index >= 15 is 0 Å². The lowest BCUT2D eigenvalue weighted by molar-refractivity contribution is 0.0949. The van der Waals surface area contributed by atoms with Crippen LogP contribution in [0.15, 0.2) is 47.3 Å². The van der Waals surface area contributed by atoms with Gasteiger partial charge in [-0.1, -0.05) is 6.07 Å².